The van der Waals surface area contributed by atoms with Gasteiger partial charge in [-0.2, -0.15) is 0 Å². The molecule has 0 aliphatic heterocycles. The molecule has 1 rings (SSSR count). The second-order valence-electron chi connectivity index (χ2n) is 3.94. The molecule has 0 aliphatic rings. The first kappa shape index (κ1) is 12.7. The molecule has 0 bridgehead atoms. The van der Waals surface area contributed by atoms with Gasteiger partial charge in [0.05, 0.1) is 6.10 Å². The van der Waals surface area contributed by atoms with Crippen LogP contribution in [0.2, 0.25) is 0 Å². The third kappa shape index (κ3) is 3.35. The van der Waals surface area contributed by atoms with Gasteiger partial charge in [-0.15, -0.1) is 6.58 Å². The zero-order valence-electron chi connectivity index (χ0n) is 10.1. The number of aliphatic hydroxyl groups is 1. The SMILES string of the molecule is C=CCCCN(C)c1ncccc1C(C)O. The summed E-state index contributed by atoms with van der Waals surface area (Å²) >= 11 is 0. The van der Waals surface area contributed by atoms with E-state index in [0.29, 0.717) is 0 Å². The Morgan fingerprint density at radius 2 is 2.38 bits per heavy atom. The van der Waals surface area contributed by atoms with Gasteiger partial charge in [-0.1, -0.05) is 12.1 Å². The lowest BCUT2D eigenvalue weighted by atomic mass is 10.1. The molecule has 16 heavy (non-hydrogen) atoms. The molecular weight excluding hydrogens is 200 g/mol. The van der Waals surface area contributed by atoms with Crippen LogP contribution in [0.25, 0.3) is 0 Å². The zero-order chi connectivity index (χ0) is 12.0. The first-order valence-electron chi connectivity index (χ1n) is 5.61. The summed E-state index contributed by atoms with van der Waals surface area (Å²) in [7, 11) is 2.00. The molecule has 1 aromatic heterocycles. The van der Waals surface area contributed by atoms with Gasteiger partial charge in [-0.25, -0.2) is 4.98 Å². The maximum Gasteiger partial charge on any atom is 0.134 e. The predicted octanol–water partition coefficient (Wildman–Crippen LogP) is 2.54. The van der Waals surface area contributed by atoms with Crippen molar-refractivity contribution in [2.24, 2.45) is 0 Å². The molecule has 0 fully saturated rings. The highest BCUT2D eigenvalue weighted by Crippen LogP contribution is 2.22. The Bertz CT molecular complexity index is 336. The summed E-state index contributed by atoms with van der Waals surface area (Å²) in [4.78, 5) is 6.39. The first-order chi connectivity index (χ1) is 7.66. The Morgan fingerprint density at radius 3 is 3.00 bits per heavy atom. The highest BCUT2D eigenvalue weighted by Gasteiger charge is 2.11. The Hall–Kier alpha value is -1.35. The van der Waals surface area contributed by atoms with Gasteiger partial charge in [0.25, 0.3) is 0 Å². The number of aliphatic hydroxyl groups excluding tert-OH is 1. The van der Waals surface area contributed by atoms with E-state index >= 15 is 0 Å². The van der Waals surface area contributed by atoms with Gasteiger partial charge in [0, 0.05) is 25.4 Å². The number of unbranched alkanes of at least 4 members (excludes halogenated alkanes) is 1. The van der Waals surface area contributed by atoms with E-state index in [4.69, 9.17) is 0 Å². The van der Waals surface area contributed by atoms with Gasteiger partial charge in [-0.3, -0.25) is 0 Å². The third-order valence-corrected chi connectivity index (χ3v) is 2.53. The minimum absolute atomic E-state index is 0.481. The summed E-state index contributed by atoms with van der Waals surface area (Å²) in [6.07, 6.45) is 5.25. The molecule has 3 heteroatoms. The average Bonchev–Trinajstić information content (AvgIpc) is 2.29. The van der Waals surface area contributed by atoms with E-state index in [-0.39, 0.29) is 0 Å². The summed E-state index contributed by atoms with van der Waals surface area (Å²) < 4.78 is 0. The quantitative estimate of drug-likeness (QED) is 0.591. The van der Waals surface area contributed by atoms with E-state index in [2.05, 4.69) is 16.5 Å². The Labute approximate surface area is 97.4 Å². The summed E-state index contributed by atoms with van der Waals surface area (Å²) in [5.41, 5.74) is 0.878. The summed E-state index contributed by atoms with van der Waals surface area (Å²) in [6.45, 7) is 6.38. The zero-order valence-corrected chi connectivity index (χ0v) is 10.1. The smallest absolute Gasteiger partial charge is 0.134 e. The highest BCUT2D eigenvalue weighted by atomic mass is 16.3. The molecular formula is C13H20N2O. The summed E-state index contributed by atoms with van der Waals surface area (Å²) in [5.74, 6) is 0.863. The van der Waals surface area contributed by atoms with E-state index < -0.39 is 6.10 Å². The van der Waals surface area contributed by atoms with E-state index in [1.165, 1.54) is 0 Å². The van der Waals surface area contributed by atoms with Crippen LogP contribution in [0.1, 0.15) is 31.4 Å². The number of hydrogen-bond donors (Lipinski definition) is 1. The van der Waals surface area contributed by atoms with Crippen LogP contribution in [0.5, 0.6) is 0 Å². The van der Waals surface area contributed by atoms with Crippen LogP contribution < -0.4 is 4.90 Å². The van der Waals surface area contributed by atoms with Crippen LogP contribution in [-0.4, -0.2) is 23.7 Å². The molecule has 0 aliphatic carbocycles. The van der Waals surface area contributed by atoms with Crippen molar-refractivity contribution in [3.05, 3.63) is 36.5 Å². The first-order valence-corrected chi connectivity index (χ1v) is 5.61. The summed E-state index contributed by atoms with van der Waals surface area (Å²) in [6, 6.07) is 3.76. The molecule has 0 saturated heterocycles. The Balaban J connectivity index is 2.73. The van der Waals surface area contributed by atoms with Crippen molar-refractivity contribution in [2.45, 2.75) is 25.9 Å². The molecule has 1 aromatic rings. The van der Waals surface area contributed by atoms with Crippen molar-refractivity contribution in [2.75, 3.05) is 18.5 Å². The van der Waals surface area contributed by atoms with Gasteiger partial charge >= 0.3 is 0 Å². The van der Waals surface area contributed by atoms with E-state index in [1.807, 2.05) is 25.3 Å². The number of anilines is 1. The normalized spacial score (nSPS) is 12.2. The maximum absolute atomic E-state index is 9.64. The van der Waals surface area contributed by atoms with Gasteiger partial charge in [0.1, 0.15) is 5.82 Å². The third-order valence-electron chi connectivity index (χ3n) is 2.53. The fourth-order valence-electron chi connectivity index (χ4n) is 1.63. The van der Waals surface area contributed by atoms with Gasteiger partial charge in [0.2, 0.25) is 0 Å². The lowest BCUT2D eigenvalue weighted by Gasteiger charge is -2.21. The van der Waals surface area contributed by atoms with Crippen LogP contribution in [0.3, 0.4) is 0 Å². The predicted molar refractivity (Wildman–Crippen MR) is 67.6 cm³/mol. The van der Waals surface area contributed by atoms with Crippen molar-refractivity contribution in [3.63, 3.8) is 0 Å². The van der Waals surface area contributed by atoms with Crippen molar-refractivity contribution in [3.8, 4) is 0 Å². The molecule has 1 N–H and O–H groups in total. The van der Waals surface area contributed by atoms with Gasteiger partial charge in [-0.05, 0) is 25.8 Å². The number of pyridine rings is 1. The van der Waals surface area contributed by atoms with Crippen LogP contribution in [0, 0.1) is 0 Å². The van der Waals surface area contributed by atoms with Crippen LogP contribution in [0.15, 0.2) is 31.0 Å². The number of nitrogens with zero attached hydrogens (tertiary/aromatic N) is 2. The number of allylic oxidation sites excluding steroid dienone is 1. The van der Waals surface area contributed by atoms with Crippen molar-refractivity contribution in [1.29, 1.82) is 0 Å². The van der Waals surface area contributed by atoms with Crippen LogP contribution >= 0.6 is 0 Å². The monoisotopic (exact) mass is 220 g/mol. The molecule has 1 unspecified atom stereocenters. The second-order valence-corrected chi connectivity index (χ2v) is 3.94. The molecule has 3 nitrogen and oxygen atoms in total. The average molecular weight is 220 g/mol. The second kappa shape index (κ2) is 6.28. The van der Waals surface area contributed by atoms with Gasteiger partial charge < -0.3 is 10.0 Å². The lowest BCUT2D eigenvalue weighted by Crippen LogP contribution is -2.21. The molecule has 0 radical (unpaired) electrons. The van der Waals surface area contributed by atoms with Crippen molar-refractivity contribution < 1.29 is 5.11 Å². The fraction of sp³-hybridized carbons (Fsp3) is 0.462. The van der Waals surface area contributed by atoms with E-state index in [0.717, 1.165) is 30.8 Å². The van der Waals surface area contributed by atoms with Crippen LogP contribution in [0.4, 0.5) is 5.82 Å². The van der Waals surface area contributed by atoms with E-state index in [9.17, 15) is 5.11 Å². The Morgan fingerprint density at radius 1 is 1.62 bits per heavy atom. The van der Waals surface area contributed by atoms with Crippen LogP contribution in [-0.2, 0) is 0 Å². The molecule has 0 aromatic carbocycles. The number of rotatable bonds is 6. The number of hydrogen-bond acceptors (Lipinski definition) is 3. The highest BCUT2D eigenvalue weighted by molar-refractivity contribution is 5.46. The lowest BCUT2D eigenvalue weighted by molar-refractivity contribution is 0.199. The van der Waals surface area contributed by atoms with Crippen molar-refractivity contribution >= 4 is 5.82 Å². The van der Waals surface area contributed by atoms with Gasteiger partial charge in [0.15, 0.2) is 0 Å². The standard InChI is InChI=1S/C13H20N2O/c1-4-5-6-10-15(3)13-12(11(2)16)8-7-9-14-13/h4,7-9,11,16H,1,5-6,10H2,2-3H3. The van der Waals surface area contributed by atoms with Crippen molar-refractivity contribution in [1.82, 2.24) is 4.98 Å². The fourth-order valence-corrected chi connectivity index (χ4v) is 1.63. The molecule has 0 spiro atoms. The summed E-state index contributed by atoms with van der Waals surface area (Å²) in [5, 5.41) is 9.64. The molecule has 88 valence electrons. The molecule has 0 saturated carbocycles. The van der Waals surface area contributed by atoms with E-state index in [1.54, 1.807) is 13.1 Å². The molecule has 1 heterocycles. The minimum Gasteiger partial charge on any atom is -0.389 e. The molecule has 0 amide bonds. The topological polar surface area (TPSA) is 36.4 Å². The molecule has 1 atom stereocenters. The Kier molecular flexibility index (Phi) is 4.99. The maximum atomic E-state index is 9.64. The number of aromatic nitrogens is 1. The minimum atomic E-state index is -0.481. The largest absolute Gasteiger partial charge is 0.389 e.